The summed E-state index contributed by atoms with van der Waals surface area (Å²) in [5.41, 5.74) is 1.67. The van der Waals surface area contributed by atoms with Crippen LogP contribution >= 0.6 is 0 Å². The normalized spacial score (nSPS) is 11.0. The summed E-state index contributed by atoms with van der Waals surface area (Å²) in [6.07, 6.45) is 5.55. The first-order valence-corrected chi connectivity index (χ1v) is 5.28. The summed E-state index contributed by atoms with van der Waals surface area (Å²) in [6.45, 7) is 1.82. The number of rotatable bonds is 3. The Balaban J connectivity index is 2.33. The number of carboxylic acid groups (broad SMARTS) is 1. The maximum atomic E-state index is 13.8. The predicted molar refractivity (Wildman–Crippen MR) is 64.9 cm³/mol. The molecule has 0 saturated carbocycles. The molecule has 4 nitrogen and oxygen atoms in total. The van der Waals surface area contributed by atoms with Crippen molar-refractivity contribution in [3.63, 3.8) is 0 Å². The average Bonchev–Trinajstić information content (AvgIpc) is 2.73. The van der Waals surface area contributed by atoms with Crippen LogP contribution in [0.3, 0.4) is 0 Å². The predicted octanol–water partition coefficient (Wildman–Crippen LogP) is 2.42. The Bertz CT molecular complexity index is 617. The molecule has 2 aromatic rings. The quantitative estimate of drug-likeness (QED) is 0.846. The van der Waals surface area contributed by atoms with Gasteiger partial charge in [-0.25, -0.2) is 14.2 Å². The first-order chi connectivity index (χ1) is 8.56. The van der Waals surface area contributed by atoms with Crippen LogP contribution in [0, 0.1) is 12.7 Å². The molecule has 5 heteroatoms. The van der Waals surface area contributed by atoms with Gasteiger partial charge in [-0.3, -0.25) is 0 Å². The van der Waals surface area contributed by atoms with E-state index in [9.17, 15) is 9.18 Å². The molecule has 0 spiro atoms. The highest BCUT2D eigenvalue weighted by Gasteiger charge is 2.05. The van der Waals surface area contributed by atoms with Gasteiger partial charge in [0.25, 0.3) is 0 Å². The van der Waals surface area contributed by atoms with Crippen molar-refractivity contribution < 1.29 is 14.3 Å². The van der Waals surface area contributed by atoms with E-state index in [0.717, 1.165) is 11.8 Å². The van der Waals surface area contributed by atoms with Crippen LogP contribution in [0.1, 0.15) is 11.3 Å². The monoisotopic (exact) mass is 246 g/mol. The van der Waals surface area contributed by atoms with Crippen LogP contribution in [-0.2, 0) is 4.79 Å². The van der Waals surface area contributed by atoms with Crippen LogP contribution in [0.15, 0.2) is 36.8 Å². The van der Waals surface area contributed by atoms with Crippen molar-refractivity contribution >= 4 is 12.0 Å². The Morgan fingerprint density at radius 2 is 2.28 bits per heavy atom. The van der Waals surface area contributed by atoms with Crippen LogP contribution in [0.2, 0.25) is 0 Å². The molecule has 0 amide bonds. The van der Waals surface area contributed by atoms with Crippen molar-refractivity contribution in [1.82, 2.24) is 9.55 Å². The molecular weight excluding hydrogens is 235 g/mol. The summed E-state index contributed by atoms with van der Waals surface area (Å²) >= 11 is 0. The number of nitrogens with zero attached hydrogens (tertiary/aromatic N) is 2. The third kappa shape index (κ3) is 2.63. The second kappa shape index (κ2) is 4.83. The molecule has 0 unspecified atom stereocenters. The first kappa shape index (κ1) is 12.0. The SMILES string of the molecule is Cc1cn(-c2ccc(/C=C/C(=O)O)cc2F)cn1. The van der Waals surface area contributed by atoms with Crippen LogP contribution in [0.25, 0.3) is 11.8 Å². The fraction of sp³-hybridized carbons (Fsp3) is 0.0769. The summed E-state index contributed by atoms with van der Waals surface area (Å²) in [5, 5.41) is 8.49. The first-order valence-electron chi connectivity index (χ1n) is 5.28. The van der Waals surface area contributed by atoms with E-state index in [1.54, 1.807) is 22.9 Å². The van der Waals surface area contributed by atoms with E-state index in [4.69, 9.17) is 5.11 Å². The van der Waals surface area contributed by atoms with E-state index < -0.39 is 11.8 Å². The van der Waals surface area contributed by atoms with Crippen LogP contribution in [0.5, 0.6) is 0 Å². The molecule has 1 N–H and O–H groups in total. The van der Waals surface area contributed by atoms with E-state index in [2.05, 4.69) is 4.98 Å². The topological polar surface area (TPSA) is 55.1 Å². The van der Waals surface area contributed by atoms with Gasteiger partial charge in [0.2, 0.25) is 0 Å². The zero-order chi connectivity index (χ0) is 13.1. The standard InChI is InChI=1S/C13H11FN2O2/c1-9-7-16(8-15-9)12-4-2-10(6-11(12)14)3-5-13(17)18/h2-8H,1H3,(H,17,18)/b5-3+. The Labute approximate surface area is 103 Å². The Morgan fingerprint density at radius 3 is 2.83 bits per heavy atom. The lowest BCUT2D eigenvalue weighted by molar-refractivity contribution is -0.131. The van der Waals surface area contributed by atoms with Gasteiger partial charge < -0.3 is 9.67 Å². The highest BCUT2D eigenvalue weighted by molar-refractivity contribution is 5.85. The fourth-order valence-corrected chi connectivity index (χ4v) is 1.56. The minimum atomic E-state index is -1.07. The molecule has 0 atom stereocenters. The summed E-state index contributed by atoms with van der Waals surface area (Å²) in [5.74, 6) is -1.50. The van der Waals surface area contributed by atoms with E-state index in [1.807, 2.05) is 6.92 Å². The number of imidazole rings is 1. The number of halogens is 1. The van der Waals surface area contributed by atoms with Gasteiger partial charge >= 0.3 is 5.97 Å². The largest absolute Gasteiger partial charge is 0.478 e. The third-order valence-corrected chi connectivity index (χ3v) is 2.38. The number of aromatic nitrogens is 2. The number of aliphatic carboxylic acids is 1. The van der Waals surface area contributed by atoms with Gasteiger partial charge in [-0.15, -0.1) is 0 Å². The Hall–Kier alpha value is -2.43. The molecule has 1 aromatic heterocycles. The summed E-state index contributed by atoms with van der Waals surface area (Å²) < 4.78 is 15.4. The van der Waals surface area contributed by atoms with E-state index >= 15 is 0 Å². The fourth-order valence-electron chi connectivity index (χ4n) is 1.56. The van der Waals surface area contributed by atoms with E-state index in [0.29, 0.717) is 11.3 Å². The number of benzene rings is 1. The number of hydrogen-bond donors (Lipinski definition) is 1. The van der Waals surface area contributed by atoms with Crippen molar-refractivity contribution in [3.8, 4) is 5.69 Å². The van der Waals surface area contributed by atoms with Crippen LogP contribution in [-0.4, -0.2) is 20.6 Å². The lowest BCUT2D eigenvalue weighted by Crippen LogP contribution is -1.95. The minimum absolute atomic E-state index is 0.378. The zero-order valence-corrected chi connectivity index (χ0v) is 9.67. The summed E-state index contributed by atoms with van der Waals surface area (Å²) in [7, 11) is 0. The number of carbonyl (C=O) groups is 1. The molecule has 1 heterocycles. The van der Waals surface area contributed by atoms with Crippen LogP contribution in [0.4, 0.5) is 4.39 Å². The Kier molecular flexibility index (Phi) is 3.23. The second-order valence-corrected chi connectivity index (χ2v) is 3.80. The van der Waals surface area contributed by atoms with Gasteiger partial charge in [0, 0.05) is 12.3 Å². The van der Waals surface area contributed by atoms with Gasteiger partial charge in [0.05, 0.1) is 17.7 Å². The maximum absolute atomic E-state index is 13.8. The molecule has 92 valence electrons. The summed E-state index contributed by atoms with van der Waals surface area (Å²) in [4.78, 5) is 14.4. The second-order valence-electron chi connectivity index (χ2n) is 3.80. The lowest BCUT2D eigenvalue weighted by atomic mass is 10.2. The van der Waals surface area contributed by atoms with Crippen LogP contribution < -0.4 is 0 Å². The molecule has 1 aromatic carbocycles. The number of hydrogen-bond acceptors (Lipinski definition) is 2. The van der Waals surface area contributed by atoms with Gasteiger partial charge in [0.15, 0.2) is 0 Å². The average molecular weight is 246 g/mol. The van der Waals surface area contributed by atoms with Crippen molar-refractivity contribution in [3.05, 3.63) is 53.9 Å². The Morgan fingerprint density at radius 1 is 1.50 bits per heavy atom. The molecule has 2 rings (SSSR count). The third-order valence-electron chi connectivity index (χ3n) is 2.38. The number of aryl methyl sites for hydroxylation is 1. The van der Waals surface area contributed by atoms with E-state index in [-0.39, 0.29) is 0 Å². The van der Waals surface area contributed by atoms with Crippen molar-refractivity contribution in [2.75, 3.05) is 0 Å². The maximum Gasteiger partial charge on any atom is 0.328 e. The molecule has 0 aliphatic carbocycles. The smallest absolute Gasteiger partial charge is 0.328 e. The van der Waals surface area contributed by atoms with Gasteiger partial charge in [-0.05, 0) is 30.7 Å². The molecule has 0 fully saturated rings. The molecule has 0 saturated heterocycles. The molecule has 18 heavy (non-hydrogen) atoms. The number of carboxylic acids is 1. The van der Waals surface area contributed by atoms with Gasteiger partial charge in [-0.1, -0.05) is 6.07 Å². The molecular formula is C13H11FN2O2. The molecule has 0 aliphatic heterocycles. The minimum Gasteiger partial charge on any atom is -0.478 e. The highest BCUT2D eigenvalue weighted by atomic mass is 19.1. The van der Waals surface area contributed by atoms with Crippen molar-refractivity contribution in [1.29, 1.82) is 0 Å². The van der Waals surface area contributed by atoms with Crippen molar-refractivity contribution in [2.45, 2.75) is 6.92 Å². The summed E-state index contributed by atoms with van der Waals surface area (Å²) in [6, 6.07) is 4.51. The van der Waals surface area contributed by atoms with Gasteiger partial charge in [0.1, 0.15) is 5.82 Å². The highest BCUT2D eigenvalue weighted by Crippen LogP contribution is 2.16. The molecule has 0 aliphatic rings. The lowest BCUT2D eigenvalue weighted by Gasteiger charge is -2.04. The zero-order valence-electron chi connectivity index (χ0n) is 9.67. The van der Waals surface area contributed by atoms with Gasteiger partial charge in [-0.2, -0.15) is 0 Å². The van der Waals surface area contributed by atoms with E-state index in [1.165, 1.54) is 18.5 Å². The van der Waals surface area contributed by atoms with Crippen molar-refractivity contribution in [2.24, 2.45) is 0 Å². The molecule has 0 bridgehead atoms. The molecule has 0 radical (unpaired) electrons.